The normalized spacial score (nSPS) is 14.1. The zero-order chi connectivity index (χ0) is 15.0. The van der Waals surface area contributed by atoms with Gasteiger partial charge in [0.2, 0.25) is 5.91 Å². The summed E-state index contributed by atoms with van der Waals surface area (Å²) in [6.07, 6.45) is 2.47. The molecular weight excluding hydrogens is 250 g/mol. The van der Waals surface area contributed by atoms with Crippen molar-refractivity contribution in [3.05, 3.63) is 35.9 Å². The lowest BCUT2D eigenvalue weighted by atomic mass is 10.0. The summed E-state index contributed by atoms with van der Waals surface area (Å²) in [7, 11) is 4.02. The predicted octanol–water partition coefficient (Wildman–Crippen LogP) is 1.40. The number of amides is 1. The van der Waals surface area contributed by atoms with Crippen molar-refractivity contribution >= 4 is 5.91 Å². The van der Waals surface area contributed by atoms with Crippen molar-refractivity contribution in [3.63, 3.8) is 0 Å². The van der Waals surface area contributed by atoms with Crippen molar-refractivity contribution in [2.24, 2.45) is 5.73 Å². The van der Waals surface area contributed by atoms with Crippen LogP contribution in [0.15, 0.2) is 30.3 Å². The molecule has 0 bridgehead atoms. The maximum absolute atomic E-state index is 12.1. The van der Waals surface area contributed by atoms with Crippen LogP contribution in [0.2, 0.25) is 0 Å². The van der Waals surface area contributed by atoms with E-state index >= 15 is 0 Å². The smallest absolute Gasteiger partial charge is 0.237 e. The summed E-state index contributed by atoms with van der Waals surface area (Å²) in [6, 6.07) is 9.89. The van der Waals surface area contributed by atoms with Gasteiger partial charge >= 0.3 is 0 Å². The summed E-state index contributed by atoms with van der Waals surface area (Å²) in [4.78, 5) is 14.1. The van der Waals surface area contributed by atoms with Crippen LogP contribution >= 0.6 is 0 Å². The predicted molar refractivity (Wildman–Crippen MR) is 83.5 cm³/mol. The Kier molecular flexibility index (Phi) is 7.26. The molecule has 0 fully saturated rings. The number of rotatable bonds is 8. The van der Waals surface area contributed by atoms with Crippen LogP contribution in [0.5, 0.6) is 0 Å². The van der Waals surface area contributed by atoms with Gasteiger partial charge in [-0.15, -0.1) is 0 Å². The molecule has 20 heavy (non-hydrogen) atoms. The first-order valence-corrected chi connectivity index (χ1v) is 7.27. The van der Waals surface area contributed by atoms with E-state index in [1.807, 2.05) is 39.2 Å². The molecule has 0 aliphatic rings. The number of benzene rings is 1. The van der Waals surface area contributed by atoms with E-state index in [0.29, 0.717) is 0 Å². The minimum atomic E-state index is -0.402. The fraction of sp³-hybridized carbons (Fsp3) is 0.562. The van der Waals surface area contributed by atoms with E-state index in [9.17, 15) is 4.79 Å². The van der Waals surface area contributed by atoms with Crippen molar-refractivity contribution in [3.8, 4) is 0 Å². The fourth-order valence-corrected chi connectivity index (χ4v) is 2.25. The van der Waals surface area contributed by atoms with Crippen LogP contribution < -0.4 is 11.1 Å². The fourth-order valence-electron chi connectivity index (χ4n) is 2.25. The molecule has 3 N–H and O–H groups in total. The van der Waals surface area contributed by atoms with Gasteiger partial charge in [0.25, 0.3) is 0 Å². The SMILES string of the molecule is CCCC(N)C(=O)NC(Cc1ccccc1)CN(C)C. The van der Waals surface area contributed by atoms with Gasteiger partial charge in [-0.3, -0.25) is 4.79 Å². The van der Waals surface area contributed by atoms with E-state index in [1.165, 1.54) is 5.56 Å². The number of carbonyl (C=O) groups excluding carboxylic acids is 1. The summed E-state index contributed by atoms with van der Waals surface area (Å²) in [6.45, 7) is 2.84. The molecule has 4 heteroatoms. The Bertz CT molecular complexity index is 392. The lowest BCUT2D eigenvalue weighted by molar-refractivity contribution is -0.123. The highest BCUT2D eigenvalue weighted by Gasteiger charge is 2.18. The maximum atomic E-state index is 12.1. The van der Waals surface area contributed by atoms with Crippen molar-refractivity contribution in [1.82, 2.24) is 10.2 Å². The molecule has 2 atom stereocenters. The Morgan fingerprint density at radius 2 is 1.95 bits per heavy atom. The molecule has 0 saturated heterocycles. The third-order valence-electron chi connectivity index (χ3n) is 3.19. The van der Waals surface area contributed by atoms with Crippen LogP contribution in [-0.2, 0) is 11.2 Å². The average Bonchev–Trinajstić information content (AvgIpc) is 2.39. The first kappa shape index (κ1) is 16.7. The van der Waals surface area contributed by atoms with Gasteiger partial charge in [0.15, 0.2) is 0 Å². The van der Waals surface area contributed by atoms with Crippen molar-refractivity contribution in [1.29, 1.82) is 0 Å². The zero-order valence-electron chi connectivity index (χ0n) is 12.8. The molecule has 0 saturated carbocycles. The summed E-state index contributed by atoms with van der Waals surface area (Å²) in [5.41, 5.74) is 7.10. The third-order valence-corrected chi connectivity index (χ3v) is 3.19. The molecule has 1 aromatic carbocycles. The Hall–Kier alpha value is -1.39. The van der Waals surface area contributed by atoms with Crippen LogP contribution in [0.1, 0.15) is 25.3 Å². The van der Waals surface area contributed by atoms with Gasteiger partial charge in [0.05, 0.1) is 6.04 Å². The molecule has 0 aliphatic heterocycles. The average molecular weight is 277 g/mol. The van der Waals surface area contributed by atoms with E-state index in [4.69, 9.17) is 5.73 Å². The lowest BCUT2D eigenvalue weighted by Gasteiger charge is -2.24. The molecular formula is C16H27N3O. The lowest BCUT2D eigenvalue weighted by Crippen LogP contribution is -2.49. The molecule has 0 radical (unpaired) electrons. The van der Waals surface area contributed by atoms with Crippen LogP contribution in [0.3, 0.4) is 0 Å². The first-order chi connectivity index (χ1) is 9.52. The van der Waals surface area contributed by atoms with Gasteiger partial charge < -0.3 is 16.0 Å². The van der Waals surface area contributed by atoms with Crippen molar-refractivity contribution in [2.45, 2.75) is 38.3 Å². The Morgan fingerprint density at radius 3 is 2.50 bits per heavy atom. The molecule has 0 spiro atoms. The highest BCUT2D eigenvalue weighted by Crippen LogP contribution is 2.05. The van der Waals surface area contributed by atoms with Gasteiger partial charge in [-0.1, -0.05) is 43.7 Å². The van der Waals surface area contributed by atoms with Gasteiger partial charge in [0, 0.05) is 12.6 Å². The van der Waals surface area contributed by atoms with Crippen molar-refractivity contribution < 1.29 is 4.79 Å². The summed E-state index contributed by atoms with van der Waals surface area (Å²) in [5.74, 6) is -0.0466. The van der Waals surface area contributed by atoms with E-state index in [2.05, 4.69) is 22.3 Å². The Labute approximate surface area is 122 Å². The number of nitrogens with one attached hydrogen (secondary N) is 1. The third kappa shape index (κ3) is 6.17. The standard InChI is InChI=1S/C16H27N3O/c1-4-8-15(17)16(20)18-14(12-19(2)3)11-13-9-6-5-7-10-13/h5-7,9-10,14-15H,4,8,11-12,17H2,1-3H3,(H,18,20). The molecule has 0 aliphatic carbocycles. The molecule has 1 rings (SSSR count). The topological polar surface area (TPSA) is 58.4 Å². The second kappa shape index (κ2) is 8.72. The van der Waals surface area contributed by atoms with Gasteiger partial charge in [0.1, 0.15) is 0 Å². The number of hydrogen-bond donors (Lipinski definition) is 2. The minimum Gasteiger partial charge on any atom is -0.350 e. The number of nitrogens with zero attached hydrogens (tertiary/aromatic N) is 1. The van der Waals surface area contributed by atoms with Gasteiger partial charge in [-0.2, -0.15) is 0 Å². The number of likely N-dealkylation sites (N-methyl/N-ethyl adjacent to an activating group) is 1. The Morgan fingerprint density at radius 1 is 1.30 bits per heavy atom. The molecule has 1 aromatic rings. The van der Waals surface area contributed by atoms with Crippen LogP contribution in [0.4, 0.5) is 0 Å². The highest BCUT2D eigenvalue weighted by atomic mass is 16.2. The van der Waals surface area contributed by atoms with Crippen LogP contribution in [-0.4, -0.2) is 43.5 Å². The summed E-state index contributed by atoms with van der Waals surface area (Å²) >= 11 is 0. The largest absolute Gasteiger partial charge is 0.350 e. The first-order valence-electron chi connectivity index (χ1n) is 7.27. The molecule has 2 unspecified atom stereocenters. The van der Waals surface area contributed by atoms with E-state index in [1.54, 1.807) is 0 Å². The van der Waals surface area contributed by atoms with Crippen LogP contribution in [0.25, 0.3) is 0 Å². The monoisotopic (exact) mass is 277 g/mol. The van der Waals surface area contributed by atoms with E-state index < -0.39 is 6.04 Å². The number of carbonyl (C=O) groups is 1. The highest BCUT2D eigenvalue weighted by molar-refractivity contribution is 5.81. The number of nitrogens with two attached hydrogens (primary N) is 1. The molecule has 1 amide bonds. The maximum Gasteiger partial charge on any atom is 0.237 e. The van der Waals surface area contributed by atoms with Gasteiger partial charge in [-0.25, -0.2) is 0 Å². The molecule has 112 valence electrons. The molecule has 0 aromatic heterocycles. The number of hydrogen-bond acceptors (Lipinski definition) is 3. The van der Waals surface area contributed by atoms with Crippen molar-refractivity contribution in [2.75, 3.05) is 20.6 Å². The van der Waals surface area contributed by atoms with Crippen LogP contribution in [0, 0.1) is 0 Å². The van der Waals surface area contributed by atoms with Gasteiger partial charge in [-0.05, 0) is 32.5 Å². The molecule has 0 heterocycles. The summed E-state index contributed by atoms with van der Waals surface area (Å²) in [5, 5.41) is 3.08. The zero-order valence-corrected chi connectivity index (χ0v) is 12.8. The Balaban J connectivity index is 2.62. The second-order valence-electron chi connectivity index (χ2n) is 5.55. The van der Waals surface area contributed by atoms with E-state index in [-0.39, 0.29) is 11.9 Å². The summed E-state index contributed by atoms with van der Waals surface area (Å²) < 4.78 is 0. The van der Waals surface area contributed by atoms with E-state index in [0.717, 1.165) is 25.8 Å². The quantitative estimate of drug-likeness (QED) is 0.755. The second-order valence-corrected chi connectivity index (χ2v) is 5.55. The molecule has 4 nitrogen and oxygen atoms in total. The minimum absolute atomic E-state index is 0.0466.